The van der Waals surface area contributed by atoms with Crippen molar-refractivity contribution in [3.8, 4) is 0 Å². The molecule has 2 amide bonds. The third-order valence-corrected chi connectivity index (χ3v) is 4.78. The third kappa shape index (κ3) is 3.36. The number of hydrogen-bond donors (Lipinski definition) is 3. The van der Waals surface area contributed by atoms with E-state index in [0.29, 0.717) is 28.4 Å². The van der Waals surface area contributed by atoms with Gasteiger partial charge in [-0.1, -0.05) is 35.1 Å². The fraction of sp³-hybridized carbons (Fsp3) is 0.267. The summed E-state index contributed by atoms with van der Waals surface area (Å²) in [6, 6.07) is 5.34. The van der Waals surface area contributed by atoms with E-state index >= 15 is 0 Å². The van der Waals surface area contributed by atoms with Gasteiger partial charge in [-0.3, -0.25) is 14.9 Å². The van der Waals surface area contributed by atoms with E-state index in [1.54, 1.807) is 12.1 Å². The topological polar surface area (TPSA) is 91.3 Å². The van der Waals surface area contributed by atoms with Gasteiger partial charge in [-0.15, -0.1) is 0 Å². The molecule has 8 heteroatoms. The lowest BCUT2D eigenvalue weighted by molar-refractivity contribution is -0.125. The lowest BCUT2D eigenvalue weighted by atomic mass is 10.2. The summed E-state index contributed by atoms with van der Waals surface area (Å²) >= 11 is 7.12. The molecule has 0 spiro atoms. The Balaban J connectivity index is 1.70. The maximum absolute atomic E-state index is 12.3. The second-order valence-electron chi connectivity index (χ2n) is 5.40. The Morgan fingerprint density at radius 2 is 2.09 bits per heavy atom. The number of carbonyl (C=O) groups excluding carboxylic acids is 2. The van der Waals surface area contributed by atoms with E-state index in [9.17, 15) is 14.7 Å². The molecule has 3 N–H and O–H groups in total. The van der Waals surface area contributed by atoms with Crippen molar-refractivity contribution in [2.45, 2.75) is 25.4 Å². The maximum atomic E-state index is 12.3. The van der Waals surface area contributed by atoms with Gasteiger partial charge in [-0.2, -0.15) is 0 Å². The highest BCUT2D eigenvalue weighted by atomic mass is 35.5. The molecule has 6 nitrogen and oxygen atoms in total. The van der Waals surface area contributed by atoms with Gasteiger partial charge in [0.2, 0.25) is 0 Å². The average molecular weight is 352 g/mol. The van der Waals surface area contributed by atoms with Gasteiger partial charge < -0.3 is 10.4 Å². The zero-order chi connectivity index (χ0) is 16.6. The van der Waals surface area contributed by atoms with E-state index in [1.165, 1.54) is 6.20 Å². The van der Waals surface area contributed by atoms with Gasteiger partial charge in [-0.05, 0) is 31.4 Å². The third-order valence-electron chi connectivity index (χ3n) is 3.56. The first-order chi connectivity index (χ1) is 10.9. The van der Waals surface area contributed by atoms with Crippen molar-refractivity contribution < 1.29 is 14.7 Å². The van der Waals surface area contributed by atoms with Crippen LogP contribution in [0.1, 0.15) is 28.1 Å². The van der Waals surface area contributed by atoms with Gasteiger partial charge in [-0.25, -0.2) is 4.98 Å². The van der Waals surface area contributed by atoms with Gasteiger partial charge >= 0.3 is 0 Å². The minimum absolute atomic E-state index is 0.274. The van der Waals surface area contributed by atoms with Crippen molar-refractivity contribution in [1.29, 1.82) is 0 Å². The predicted octanol–water partition coefficient (Wildman–Crippen LogP) is 2.82. The quantitative estimate of drug-likeness (QED) is 0.789. The van der Waals surface area contributed by atoms with Crippen LogP contribution in [0.5, 0.6) is 0 Å². The molecule has 0 aliphatic heterocycles. The second kappa shape index (κ2) is 5.92. The molecule has 2 aromatic rings. The van der Waals surface area contributed by atoms with Crippen LogP contribution in [0.25, 0.3) is 0 Å². The molecular formula is C15H14ClN3O3S. The highest BCUT2D eigenvalue weighted by Gasteiger charge is 2.48. The zero-order valence-electron chi connectivity index (χ0n) is 12.2. The molecule has 1 saturated carbocycles. The minimum atomic E-state index is -1.28. The molecule has 0 radical (unpaired) electrons. The normalized spacial score (nSPS) is 15.1. The van der Waals surface area contributed by atoms with Gasteiger partial charge in [0, 0.05) is 0 Å². The van der Waals surface area contributed by atoms with E-state index in [-0.39, 0.29) is 11.0 Å². The van der Waals surface area contributed by atoms with Crippen molar-refractivity contribution in [3.63, 3.8) is 0 Å². The average Bonchev–Trinajstić information content (AvgIpc) is 3.09. The first-order valence-corrected chi connectivity index (χ1v) is 8.15. The minimum Gasteiger partial charge on any atom is -0.380 e. The number of halogens is 1. The van der Waals surface area contributed by atoms with Crippen molar-refractivity contribution in [2.24, 2.45) is 0 Å². The van der Waals surface area contributed by atoms with Crippen LogP contribution in [0.3, 0.4) is 0 Å². The van der Waals surface area contributed by atoms with Gasteiger partial charge in [0.15, 0.2) is 5.13 Å². The zero-order valence-corrected chi connectivity index (χ0v) is 13.8. The van der Waals surface area contributed by atoms with E-state index < -0.39 is 11.5 Å². The molecule has 0 unspecified atom stereocenters. The Bertz CT molecular complexity index is 766. The van der Waals surface area contributed by atoms with E-state index in [4.69, 9.17) is 11.6 Å². The highest BCUT2D eigenvalue weighted by molar-refractivity contribution is 7.17. The van der Waals surface area contributed by atoms with E-state index in [1.807, 2.05) is 13.0 Å². The molecule has 1 aliphatic carbocycles. The number of thiazole rings is 1. The molecule has 1 heterocycles. The SMILES string of the molecule is Cc1cccc(Cl)c1NC(=O)c1cnc(NC(=O)C2(O)CC2)s1. The van der Waals surface area contributed by atoms with Crippen LogP contribution in [0.15, 0.2) is 24.4 Å². The smallest absolute Gasteiger partial charge is 0.267 e. The number of rotatable bonds is 4. The Kier molecular flexibility index (Phi) is 4.09. The van der Waals surface area contributed by atoms with Gasteiger partial charge in [0.1, 0.15) is 10.5 Å². The number of aryl methyl sites for hydroxylation is 1. The molecule has 0 saturated heterocycles. The molecule has 3 rings (SSSR count). The Hall–Kier alpha value is -1.96. The van der Waals surface area contributed by atoms with Crippen LogP contribution >= 0.6 is 22.9 Å². The van der Waals surface area contributed by atoms with Crippen molar-refractivity contribution in [3.05, 3.63) is 39.9 Å². The summed E-state index contributed by atoms with van der Waals surface area (Å²) in [4.78, 5) is 28.3. The lowest BCUT2D eigenvalue weighted by Crippen LogP contribution is -2.29. The van der Waals surface area contributed by atoms with Gasteiger partial charge in [0.05, 0.1) is 16.9 Å². The number of amides is 2. The fourth-order valence-electron chi connectivity index (χ4n) is 1.96. The Morgan fingerprint density at radius 1 is 1.35 bits per heavy atom. The number of carbonyl (C=O) groups is 2. The van der Waals surface area contributed by atoms with Crippen LogP contribution in [-0.4, -0.2) is 27.5 Å². The molecule has 120 valence electrons. The van der Waals surface area contributed by atoms with Crippen molar-refractivity contribution in [2.75, 3.05) is 10.6 Å². The number of hydrogen-bond acceptors (Lipinski definition) is 5. The van der Waals surface area contributed by atoms with Crippen LogP contribution < -0.4 is 10.6 Å². The molecule has 1 aromatic carbocycles. The standard InChI is InChI=1S/C15H14ClN3O3S/c1-8-3-2-4-9(16)11(8)18-12(20)10-7-17-14(23-10)19-13(21)15(22)5-6-15/h2-4,7,22H,5-6H2,1H3,(H,18,20)(H,17,19,21). The summed E-state index contributed by atoms with van der Waals surface area (Å²) in [7, 11) is 0. The predicted molar refractivity (Wildman–Crippen MR) is 89.1 cm³/mol. The summed E-state index contributed by atoms with van der Waals surface area (Å²) in [6.07, 6.45) is 2.27. The first kappa shape index (κ1) is 15.9. The summed E-state index contributed by atoms with van der Waals surface area (Å²) in [6.45, 7) is 1.84. The number of para-hydroxylation sites is 1. The molecule has 0 atom stereocenters. The molecule has 1 fully saturated rings. The molecule has 0 bridgehead atoms. The largest absolute Gasteiger partial charge is 0.380 e. The monoisotopic (exact) mass is 351 g/mol. The van der Waals surface area contributed by atoms with Crippen LogP contribution in [0.2, 0.25) is 5.02 Å². The van der Waals surface area contributed by atoms with Crippen LogP contribution in [-0.2, 0) is 4.79 Å². The number of benzene rings is 1. The van der Waals surface area contributed by atoms with E-state index in [2.05, 4.69) is 15.6 Å². The number of nitrogens with one attached hydrogen (secondary N) is 2. The van der Waals surface area contributed by atoms with Crippen LogP contribution in [0.4, 0.5) is 10.8 Å². The second-order valence-corrected chi connectivity index (χ2v) is 6.84. The number of nitrogens with zero attached hydrogens (tertiary/aromatic N) is 1. The Morgan fingerprint density at radius 3 is 2.74 bits per heavy atom. The molecule has 1 aromatic heterocycles. The molecule has 23 heavy (non-hydrogen) atoms. The van der Waals surface area contributed by atoms with Gasteiger partial charge in [0.25, 0.3) is 11.8 Å². The van der Waals surface area contributed by atoms with Crippen LogP contribution in [0, 0.1) is 6.92 Å². The number of anilines is 2. The summed E-state index contributed by atoms with van der Waals surface area (Å²) in [5, 5.41) is 15.7. The summed E-state index contributed by atoms with van der Waals surface area (Å²) in [5.41, 5.74) is 0.119. The number of aromatic nitrogens is 1. The maximum Gasteiger partial charge on any atom is 0.267 e. The lowest BCUT2D eigenvalue weighted by Gasteiger charge is -2.09. The highest BCUT2D eigenvalue weighted by Crippen LogP contribution is 2.36. The van der Waals surface area contributed by atoms with Crippen molar-refractivity contribution >= 4 is 45.6 Å². The fourth-order valence-corrected chi connectivity index (χ4v) is 2.94. The molecule has 1 aliphatic rings. The molecular weight excluding hydrogens is 338 g/mol. The van der Waals surface area contributed by atoms with E-state index in [0.717, 1.165) is 16.9 Å². The van der Waals surface area contributed by atoms with Crippen molar-refractivity contribution in [1.82, 2.24) is 4.98 Å². The first-order valence-electron chi connectivity index (χ1n) is 6.95. The number of aliphatic hydroxyl groups is 1. The summed E-state index contributed by atoms with van der Waals surface area (Å²) < 4.78 is 0. The Labute approximate surface area is 141 Å². The summed E-state index contributed by atoms with van der Waals surface area (Å²) in [5.74, 6) is -0.843.